The average molecular weight is 356 g/mol. The van der Waals surface area contributed by atoms with E-state index in [0.717, 1.165) is 18.1 Å². The van der Waals surface area contributed by atoms with E-state index in [1.165, 1.54) is 4.90 Å². The van der Waals surface area contributed by atoms with Crippen molar-refractivity contribution in [1.82, 2.24) is 10.6 Å². The predicted molar refractivity (Wildman–Crippen MR) is 105 cm³/mol. The number of nitrogens with two attached hydrogens (primary N) is 1. The molecule has 0 aromatic heterocycles. The van der Waals surface area contributed by atoms with Gasteiger partial charge in [-0.3, -0.25) is 9.79 Å². The van der Waals surface area contributed by atoms with Crippen molar-refractivity contribution in [3.63, 3.8) is 0 Å². The number of guanidine groups is 1. The first-order chi connectivity index (χ1) is 12.1. The molecule has 0 bridgehead atoms. The molecule has 0 fully saturated rings. The SMILES string of the molecule is CN=C(NCc1ccc(C(N)=O)cc1)NCC(C)Sc1ccccc1. The van der Waals surface area contributed by atoms with Crippen LogP contribution in [0.15, 0.2) is 64.5 Å². The van der Waals surface area contributed by atoms with Gasteiger partial charge in [-0.2, -0.15) is 0 Å². The summed E-state index contributed by atoms with van der Waals surface area (Å²) in [5, 5.41) is 7.01. The Morgan fingerprint density at radius 2 is 1.80 bits per heavy atom. The number of primary amides is 1. The molecule has 0 spiro atoms. The molecule has 2 rings (SSSR count). The number of thioether (sulfide) groups is 1. The Hall–Kier alpha value is -2.47. The molecule has 2 aromatic carbocycles. The Bertz CT molecular complexity index is 701. The van der Waals surface area contributed by atoms with Gasteiger partial charge in [-0.15, -0.1) is 11.8 Å². The molecule has 1 unspecified atom stereocenters. The van der Waals surface area contributed by atoms with Gasteiger partial charge in [-0.25, -0.2) is 0 Å². The normalized spacial score (nSPS) is 12.5. The highest BCUT2D eigenvalue weighted by molar-refractivity contribution is 8.00. The Labute approximate surface area is 153 Å². The van der Waals surface area contributed by atoms with Gasteiger partial charge in [0.2, 0.25) is 5.91 Å². The lowest BCUT2D eigenvalue weighted by atomic mass is 10.1. The Morgan fingerprint density at radius 1 is 1.12 bits per heavy atom. The van der Waals surface area contributed by atoms with Gasteiger partial charge in [-0.1, -0.05) is 37.3 Å². The lowest BCUT2D eigenvalue weighted by molar-refractivity contribution is 0.100. The molecule has 2 aromatic rings. The van der Waals surface area contributed by atoms with Crippen LogP contribution in [-0.4, -0.2) is 30.7 Å². The summed E-state index contributed by atoms with van der Waals surface area (Å²) in [7, 11) is 1.75. The molecule has 0 radical (unpaired) electrons. The number of hydrogen-bond donors (Lipinski definition) is 3. The van der Waals surface area contributed by atoms with Gasteiger partial charge in [0.25, 0.3) is 0 Å². The third kappa shape index (κ3) is 6.51. The number of nitrogens with zero attached hydrogens (tertiary/aromatic N) is 1. The van der Waals surface area contributed by atoms with Crippen LogP contribution < -0.4 is 16.4 Å². The van der Waals surface area contributed by atoms with E-state index in [0.29, 0.717) is 17.4 Å². The van der Waals surface area contributed by atoms with Crippen LogP contribution in [-0.2, 0) is 6.54 Å². The second kappa shape index (κ2) is 9.74. The summed E-state index contributed by atoms with van der Waals surface area (Å²) in [6, 6.07) is 17.6. The molecule has 0 saturated heterocycles. The predicted octanol–water partition coefficient (Wildman–Crippen LogP) is 2.63. The number of amides is 1. The van der Waals surface area contributed by atoms with Crippen LogP contribution in [0, 0.1) is 0 Å². The van der Waals surface area contributed by atoms with Crippen LogP contribution in [0.1, 0.15) is 22.8 Å². The second-order valence-corrected chi connectivity index (χ2v) is 7.12. The zero-order valence-electron chi connectivity index (χ0n) is 14.5. The van der Waals surface area contributed by atoms with Gasteiger partial charge in [0.15, 0.2) is 5.96 Å². The van der Waals surface area contributed by atoms with Crippen LogP contribution in [0.2, 0.25) is 0 Å². The zero-order chi connectivity index (χ0) is 18.1. The van der Waals surface area contributed by atoms with Crippen molar-refractivity contribution in [2.45, 2.75) is 23.6 Å². The van der Waals surface area contributed by atoms with Crippen molar-refractivity contribution in [3.05, 3.63) is 65.7 Å². The maximum Gasteiger partial charge on any atom is 0.248 e. The van der Waals surface area contributed by atoms with E-state index in [9.17, 15) is 4.79 Å². The number of hydrogen-bond acceptors (Lipinski definition) is 3. The molecule has 6 heteroatoms. The fourth-order valence-electron chi connectivity index (χ4n) is 2.21. The molecule has 0 aliphatic rings. The molecular formula is C19H24N4OS. The van der Waals surface area contributed by atoms with Crippen molar-refractivity contribution in [2.24, 2.45) is 10.7 Å². The minimum absolute atomic E-state index is 0.413. The van der Waals surface area contributed by atoms with E-state index in [-0.39, 0.29) is 0 Å². The van der Waals surface area contributed by atoms with Crippen molar-refractivity contribution in [1.29, 1.82) is 0 Å². The minimum atomic E-state index is -0.415. The van der Waals surface area contributed by atoms with Crippen LogP contribution in [0.5, 0.6) is 0 Å². The van der Waals surface area contributed by atoms with Crippen LogP contribution in [0.4, 0.5) is 0 Å². The molecule has 0 aliphatic carbocycles. The Morgan fingerprint density at radius 3 is 2.40 bits per heavy atom. The van der Waals surface area contributed by atoms with Gasteiger partial charge < -0.3 is 16.4 Å². The van der Waals surface area contributed by atoms with Gasteiger partial charge in [0.05, 0.1) is 0 Å². The molecule has 0 saturated carbocycles. The van der Waals surface area contributed by atoms with E-state index >= 15 is 0 Å². The largest absolute Gasteiger partial charge is 0.366 e. The summed E-state index contributed by atoms with van der Waals surface area (Å²) < 4.78 is 0. The summed E-state index contributed by atoms with van der Waals surface area (Å²) >= 11 is 1.83. The molecular weight excluding hydrogens is 332 g/mol. The molecule has 4 N–H and O–H groups in total. The quantitative estimate of drug-likeness (QED) is 0.405. The van der Waals surface area contributed by atoms with Gasteiger partial charge >= 0.3 is 0 Å². The number of rotatable bonds is 7. The van der Waals surface area contributed by atoms with Crippen molar-refractivity contribution >= 4 is 23.6 Å². The summed E-state index contributed by atoms with van der Waals surface area (Å²) in [6.07, 6.45) is 0. The Kier molecular flexibility index (Phi) is 7.35. The van der Waals surface area contributed by atoms with E-state index in [4.69, 9.17) is 5.73 Å². The lowest BCUT2D eigenvalue weighted by Crippen LogP contribution is -2.39. The highest BCUT2D eigenvalue weighted by atomic mass is 32.2. The zero-order valence-corrected chi connectivity index (χ0v) is 15.3. The van der Waals surface area contributed by atoms with Crippen molar-refractivity contribution in [3.8, 4) is 0 Å². The summed E-state index contributed by atoms with van der Waals surface area (Å²) in [4.78, 5) is 16.6. The number of carbonyl (C=O) groups is 1. The monoisotopic (exact) mass is 356 g/mol. The van der Waals surface area contributed by atoms with Gasteiger partial charge in [0.1, 0.15) is 0 Å². The van der Waals surface area contributed by atoms with Gasteiger partial charge in [0, 0.05) is 35.8 Å². The van der Waals surface area contributed by atoms with Crippen LogP contribution in [0.25, 0.3) is 0 Å². The van der Waals surface area contributed by atoms with E-state index in [2.05, 4.69) is 34.7 Å². The van der Waals surface area contributed by atoms with E-state index in [1.54, 1.807) is 19.2 Å². The van der Waals surface area contributed by atoms with Crippen molar-refractivity contribution in [2.75, 3.05) is 13.6 Å². The molecule has 1 amide bonds. The summed E-state index contributed by atoms with van der Waals surface area (Å²) in [5.74, 6) is 0.335. The molecule has 132 valence electrons. The maximum absolute atomic E-state index is 11.1. The summed E-state index contributed by atoms with van der Waals surface area (Å²) in [6.45, 7) is 3.61. The highest BCUT2D eigenvalue weighted by Crippen LogP contribution is 2.21. The van der Waals surface area contributed by atoms with E-state index in [1.807, 2.05) is 42.1 Å². The third-order valence-corrected chi connectivity index (χ3v) is 4.67. The minimum Gasteiger partial charge on any atom is -0.366 e. The highest BCUT2D eigenvalue weighted by Gasteiger charge is 2.06. The molecule has 0 heterocycles. The average Bonchev–Trinajstić information content (AvgIpc) is 2.63. The number of carbonyl (C=O) groups excluding carboxylic acids is 1. The molecule has 1 atom stereocenters. The lowest BCUT2D eigenvalue weighted by Gasteiger charge is -2.16. The van der Waals surface area contributed by atoms with Crippen molar-refractivity contribution < 1.29 is 4.79 Å². The molecule has 5 nitrogen and oxygen atoms in total. The number of benzene rings is 2. The standard InChI is InChI=1S/C19H24N4OS/c1-14(25-17-6-4-3-5-7-17)12-22-19(21-2)23-13-15-8-10-16(11-9-15)18(20)24/h3-11,14H,12-13H2,1-2H3,(H2,20,24)(H2,21,22,23). The first-order valence-electron chi connectivity index (χ1n) is 8.13. The smallest absolute Gasteiger partial charge is 0.248 e. The van der Waals surface area contributed by atoms with E-state index < -0.39 is 5.91 Å². The second-order valence-electron chi connectivity index (χ2n) is 5.61. The fraction of sp³-hybridized carbons (Fsp3) is 0.263. The maximum atomic E-state index is 11.1. The topological polar surface area (TPSA) is 79.5 Å². The first kappa shape index (κ1) is 18.9. The van der Waals surface area contributed by atoms with Crippen LogP contribution >= 0.6 is 11.8 Å². The fourth-order valence-corrected chi connectivity index (χ4v) is 3.15. The van der Waals surface area contributed by atoms with Crippen LogP contribution in [0.3, 0.4) is 0 Å². The number of nitrogens with one attached hydrogen (secondary N) is 2. The molecule has 0 aliphatic heterocycles. The molecule has 25 heavy (non-hydrogen) atoms. The Balaban J connectivity index is 1.77. The number of aliphatic imine (C=N–C) groups is 1. The van der Waals surface area contributed by atoms with Gasteiger partial charge in [-0.05, 0) is 29.8 Å². The first-order valence-corrected chi connectivity index (χ1v) is 9.01. The summed E-state index contributed by atoms with van der Waals surface area (Å²) in [5.41, 5.74) is 6.81. The third-order valence-electron chi connectivity index (χ3n) is 3.56.